The minimum absolute atomic E-state index is 0. The number of benzene rings is 1. The van der Waals surface area contributed by atoms with Gasteiger partial charge in [0.2, 0.25) is 0 Å². The summed E-state index contributed by atoms with van der Waals surface area (Å²) in [4.78, 5) is 14.9. The van der Waals surface area contributed by atoms with Gasteiger partial charge in [-0.05, 0) is 30.5 Å². The van der Waals surface area contributed by atoms with Crippen molar-refractivity contribution in [2.24, 2.45) is 0 Å². The Morgan fingerprint density at radius 1 is 1.19 bits per heavy atom. The van der Waals surface area contributed by atoms with E-state index in [1.807, 2.05) is 0 Å². The average Bonchev–Trinajstić information content (AvgIpc) is 3.29. The number of carbonyl (C=O) groups excluding carboxylic acids is 1. The number of thiophene rings is 1. The van der Waals surface area contributed by atoms with Gasteiger partial charge in [-0.15, -0.1) is 11.3 Å². The van der Waals surface area contributed by atoms with Crippen LogP contribution in [0.3, 0.4) is 0 Å². The van der Waals surface area contributed by atoms with Crippen molar-refractivity contribution < 1.29 is 42.6 Å². The molecule has 3 rings (SSSR count). The van der Waals surface area contributed by atoms with Crippen LogP contribution >= 0.6 is 11.3 Å². The fourth-order valence-corrected chi connectivity index (χ4v) is 5.14. The monoisotopic (exact) mass is 458 g/mol. The molecule has 0 spiro atoms. The first-order chi connectivity index (χ1) is 12.6. The third-order valence-corrected chi connectivity index (χ3v) is 6.82. The molecule has 1 aromatic carbocycles. The quantitative estimate of drug-likeness (QED) is 0.391. The Balaban J connectivity index is 0.00000261. The van der Waals surface area contributed by atoms with Crippen molar-refractivity contribution >= 4 is 17.1 Å². The predicted octanol–water partition coefficient (Wildman–Crippen LogP) is 5.97. The second-order valence-corrected chi connectivity index (χ2v) is 8.48. The Bertz CT molecular complexity index is 722. The Hall–Kier alpha value is -0.346. The van der Waals surface area contributed by atoms with E-state index >= 15 is 0 Å². The molecule has 0 saturated heterocycles. The summed E-state index contributed by atoms with van der Waals surface area (Å²) >= 11 is 1.69. The summed E-state index contributed by atoms with van der Waals surface area (Å²) in [6, 6.07) is 12.5. The molecular weight excluding hydrogens is 429 g/mol. The first kappa shape index (κ1) is 22.9. The van der Waals surface area contributed by atoms with E-state index < -0.39 is 0 Å². The zero-order valence-electron chi connectivity index (χ0n) is 16.2. The summed E-state index contributed by atoms with van der Waals surface area (Å²) < 4.78 is 0. The molecule has 1 radical (unpaired) electrons. The van der Waals surface area contributed by atoms with Gasteiger partial charge in [-0.2, -0.15) is 6.42 Å². The fraction of sp³-hybridized carbons (Fsp3) is 0.478. The Kier molecular flexibility index (Phi) is 9.34. The van der Waals surface area contributed by atoms with Gasteiger partial charge in [-0.3, -0.25) is 4.79 Å². The molecule has 1 fully saturated rings. The molecule has 2 nitrogen and oxygen atoms in total. The van der Waals surface area contributed by atoms with Crippen molar-refractivity contribution in [2.75, 3.05) is 0 Å². The molecule has 1 N–H and O–H groups in total. The number of unbranched alkanes of at least 4 members (excludes halogenated alkanes) is 2. The van der Waals surface area contributed by atoms with Crippen molar-refractivity contribution in [3.8, 4) is 0 Å². The van der Waals surface area contributed by atoms with E-state index in [0.29, 0.717) is 12.2 Å². The molecule has 27 heavy (non-hydrogen) atoms. The van der Waals surface area contributed by atoms with Gasteiger partial charge in [0.1, 0.15) is 5.78 Å². The van der Waals surface area contributed by atoms with Crippen LogP contribution in [0.5, 0.6) is 0 Å². The standard InChI is InChI=1S/C23H29O2S.Y/c1-3-5-6-7-19(24)22-15-14-21(26-22)18-12-13-20(25)23(18)17-10-8-16(4-2)9-11-17;/h8-11,14-15,18-19,23-24H,2-7,12-13H2,1H3;/q-1;. The summed E-state index contributed by atoms with van der Waals surface area (Å²) in [6.45, 7) is 6.09. The number of aliphatic hydroxyl groups excluding tert-OH is 1. The van der Waals surface area contributed by atoms with Crippen molar-refractivity contribution in [1.29, 1.82) is 0 Å². The van der Waals surface area contributed by atoms with Gasteiger partial charge in [0.25, 0.3) is 0 Å². The summed E-state index contributed by atoms with van der Waals surface area (Å²) in [5.74, 6) is 0.545. The second-order valence-electron chi connectivity index (χ2n) is 7.33. The summed E-state index contributed by atoms with van der Waals surface area (Å²) in [5.41, 5.74) is 2.32. The van der Waals surface area contributed by atoms with Crippen LogP contribution in [0, 0.1) is 6.92 Å². The molecule has 143 valence electrons. The molecule has 1 aliphatic rings. The molecule has 0 aliphatic heterocycles. The van der Waals surface area contributed by atoms with Gasteiger partial charge in [0, 0.05) is 54.8 Å². The minimum atomic E-state index is -0.368. The maximum atomic E-state index is 12.6. The molecular formula is C23H29O2SY-. The number of ketones is 1. The zero-order valence-corrected chi connectivity index (χ0v) is 19.8. The fourth-order valence-electron chi connectivity index (χ4n) is 3.94. The predicted molar refractivity (Wildman–Crippen MR) is 109 cm³/mol. The van der Waals surface area contributed by atoms with E-state index in [0.717, 1.165) is 42.5 Å². The molecule has 3 unspecified atom stereocenters. The number of hydrogen-bond donors (Lipinski definition) is 1. The maximum absolute atomic E-state index is 12.6. The van der Waals surface area contributed by atoms with Crippen LogP contribution in [0.25, 0.3) is 0 Å². The van der Waals surface area contributed by atoms with Crippen LogP contribution < -0.4 is 0 Å². The topological polar surface area (TPSA) is 37.3 Å². The van der Waals surface area contributed by atoms with Crippen molar-refractivity contribution in [2.45, 2.75) is 69.8 Å². The number of rotatable bonds is 8. The van der Waals surface area contributed by atoms with E-state index in [-0.39, 0.29) is 50.6 Å². The molecule has 0 bridgehead atoms. The molecule has 3 atom stereocenters. The first-order valence-electron chi connectivity index (χ1n) is 9.82. The summed E-state index contributed by atoms with van der Waals surface area (Å²) in [7, 11) is 0. The summed E-state index contributed by atoms with van der Waals surface area (Å²) in [6.07, 6.45) is 6.19. The van der Waals surface area contributed by atoms with Crippen LogP contribution in [0.2, 0.25) is 0 Å². The van der Waals surface area contributed by atoms with E-state index in [9.17, 15) is 9.90 Å². The van der Waals surface area contributed by atoms with E-state index in [1.165, 1.54) is 16.9 Å². The Labute approximate surface area is 192 Å². The Morgan fingerprint density at radius 3 is 2.59 bits per heavy atom. The van der Waals surface area contributed by atoms with Crippen molar-refractivity contribution in [1.82, 2.24) is 0 Å². The third kappa shape index (κ3) is 5.59. The van der Waals surface area contributed by atoms with Gasteiger partial charge < -0.3 is 12.0 Å². The van der Waals surface area contributed by atoms with Gasteiger partial charge >= 0.3 is 0 Å². The molecule has 4 heteroatoms. The largest absolute Gasteiger partial charge is 0.388 e. The molecule has 1 aliphatic carbocycles. The van der Waals surface area contributed by atoms with Gasteiger partial charge in [-0.25, -0.2) is 0 Å². The third-order valence-electron chi connectivity index (χ3n) is 5.50. The van der Waals surface area contributed by atoms with Crippen LogP contribution in [0.15, 0.2) is 36.4 Å². The number of hydrogen-bond acceptors (Lipinski definition) is 3. The van der Waals surface area contributed by atoms with E-state index in [4.69, 9.17) is 0 Å². The van der Waals surface area contributed by atoms with Gasteiger partial charge in [-0.1, -0.05) is 56.0 Å². The average molecular weight is 458 g/mol. The normalized spacial score (nSPS) is 20.5. The second kappa shape index (κ2) is 11.0. The molecule has 1 aromatic heterocycles. The van der Waals surface area contributed by atoms with Crippen LogP contribution in [0.4, 0.5) is 0 Å². The minimum Gasteiger partial charge on any atom is -0.388 e. The molecule has 0 amide bonds. The van der Waals surface area contributed by atoms with E-state index in [2.05, 4.69) is 50.2 Å². The van der Waals surface area contributed by atoms with E-state index in [1.54, 1.807) is 11.3 Å². The SMILES string of the molecule is [CH2-]Cc1ccc(C2C(=O)CCC2c2ccc(C(O)CCCCC)s2)cc1.[Y]. The molecule has 1 heterocycles. The molecule has 2 aromatic rings. The number of carbonyl (C=O) groups is 1. The van der Waals surface area contributed by atoms with Gasteiger partial charge in [0.05, 0.1) is 12.0 Å². The van der Waals surface area contributed by atoms with Crippen LogP contribution in [-0.2, 0) is 43.9 Å². The van der Waals surface area contributed by atoms with Gasteiger partial charge in [0.15, 0.2) is 0 Å². The van der Waals surface area contributed by atoms with Crippen molar-refractivity contribution in [3.05, 3.63) is 64.2 Å². The molecule has 1 saturated carbocycles. The summed E-state index contributed by atoms with van der Waals surface area (Å²) in [5, 5.41) is 10.4. The maximum Gasteiger partial charge on any atom is 0.141 e. The first-order valence-corrected chi connectivity index (χ1v) is 10.6. The smallest absolute Gasteiger partial charge is 0.141 e. The van der Waals surface area contributed by atoms with Crippen molar-refractivity contribution in [3.63, 3.8) is 0 Å². The van der Waals surface area contributed by atoms with Crippen LogP contribution in [0.1, 0.15) is 84.3 Å². The number of aliphatic hydroxyl groups is 1. The van der Waals surface area contributed by atoms with Crippen LogP contribution in [-0.4, -0.2) is 10.9 Å². The Morgan fingerprint density at radius 2 is 1.93 bits per heavy atom. The number of Topliss-reactive ketones (excluding diaryl/α,β-unsaturated/α-hetero) is 1. The zero-order chi connectivity index (χ0) is 18.5.